The Morgan fingerprint density at radius 2 is 2.00 bits per heavy atom. The van der Waals surface area contributed by atoms with Gasteiger partial charge in [-0.1, -0.05) is 23.7 Å². The maximum atomic E-state index is 12.8. The summed E-state index contributed by atoms with van der Waals surface area (Å²) < 4.78 is 7.52. The number of ketones is 1. The molecule has 2 aromatic carbocycles. The first kappa shape index (κ1) is 18.3. The highest BCUT2D eigenvalue weighted by atomic mass is 35.5. The monoisotopic (exact) mass is 418 g/mol. The number of benzene rings is 2. The zero-order valence-corrected chi connectivity index (χ0v) is 16.5. The summed E-state index contributed by atoms with van der Waals surface area (Å²) in [5.74, 6) is -0.778. The number of Topliss-reactive ketones (excluding diaryl/α,β-unsaturated/α-hetero) is 1. The Hall–Kier alpha value is -3.77. The summed E-state index contributed by atoms with van der Waals surface area (Å²) in [6, 6.07) is 11.8. The van der Waals surface area contributed by atoms with E-state index in [1.54, 1.807) is 12.3 Å². The molecule has 2 aromatic heterocycles. The van der Waals surface area contributed by atoms with E-state index < -0.39 is 5.78 Å². The number of hydrogen-bond donors (Lipinski definition) is 2. The van der Waals surface area contributed by atoms with Crippen LogP contribution in [-0.2, 0) is 7.05 Å². The molecular weight excluding hydrogens is 404 g/mol. The fraction of sp³-hybridized carbons (Fsp3) is 0.0435. The minimum Gasteiger partial charge on any atom is -0.508 e. The van der Waals surface area contributed by atoms with Crippen molar-refractivity contribution in [2.24, 2.45) is 7.05 Å². The molecule has 6 nitrogen and oxygen atoms in total. The van der Waals surface area contributed by atoms with Crippen molar-refractivity contribution < 1.29 is 19.7 Å². The largest absolute Gasteiger partial charge is 0.508 e. The summed E-state index contributed by atoms with van der Waals surface area (Å²) in [5, 5.41) is 21.2. The lowest BCUT2D eigenvalue weighted by Gasteiger charge is -2.06. The summed E-state index contributed by atoms with van der Waals surface area (Å²) in [5.41, 5.74) is 3.34. The minimum atomic E-state index is -0.451. The van der Waals surface area contributed by atoms with Crippen molar-refractivity contribution in [1.82, 2.24) is 9.55 Å². The SMILES string of the molecule is Cn1cc(C=C2Oc3cc(O)cc(O)c3C2=O)c2c(-c3cccc(Cl)c3)ccnc21. The van der Waals surface area contributed by atoms with Gasteiger partial charge in [-0.3, -0.25) is 4.79 Å². The van der Waals surface area contributed by atoms with Crippen molar-refractivity contribution in [2.45, 2.75) is 0 Å². The van der Waals surface area contributed by atoms with Gasteiger partial charge in [0.05, 0.1) is 0 Å². The molecule has 148 valence electrons. The molecule has 0 saturated heterocycles. The Labute approximate surface area is 176 Å². The van der Waals surface area contributed by atoms with Crippen molar-refractivity contribution in [1.29, 1.82) is 0 Å². The Balaban J connectivity index is 1.69. The molecule has 1 aliphatic heterocycles. The van der Waals surface area contributed by atoms with Gasteiger partial charge < -0.3 is 19.5 Å². The third kappa shape index (κ3) is 2.81. The second-order valence-electron chi connectivity index (χ2n) is 7.04. The Kier molecular flexibility index (Phi) is 4.04. The number of aromatic hydroxyl groups is 2. The molecule has 0 bridgehead atoms. The van der Waals surface area contributed by atoms with Crippen molar-refractivity contribution >= 4 is 34.5 Å². The van der Waals surface area contributed by atoms with Crippen LogP contribution in [0, 0.1) is 0 Å². The highest BCUT2D eigenvalue weighted by Gasteiger charge is 2.31. The number of halogens is 1. The molecule has 2 N–H and O–H groups in total. The fourth-order valence-electron chi connectivity index (χ4n) is 3.76. The number of phenolic OH excluding ortho intramolecular Hbond substituents is 2. The molecule has 3 heterocycles. The standard InChI is InChI=1S/C23H15ClN2O4/c1-26-11-13(8-19-22(29)21-17(28)9-15(27)10-18(21)30-19)20-16(5-6-25-23(20)26)12-3-2-4-14(24)7-12/h2-11,27-28H,1H3. The summed E-state index contributed by atoms with van der Waals surface area (Å²) in [4.78, 5) is 17.3. The van der Waals surface area contributed by atoms with Gasteiger partial charge >= 0.3 is 0 Å². The average molecular weight is 419 g/mol. The lowest BCUT2D eigenvalue weighted by molar-refractivity contribution is 0.101. The second kappa shape index (κ2) is 6.64. The molecule has 0 unspecified atom stereocenters. The van der Waals surface area contributed by atoms with Gasteiger partial charge in [0.25, 0.3) is 0 Å². The van der Waals surface area contributed by atoms with Gasteiger partial charge in [-0.15, -0.1) is 0 Å². The van der Waals surface area contributed by atoms with Crippen LogP contribution in [0.4, 0.5) is 0 Å². The number of rotatable bonds is 2. The predicted octanol–water partition coefficient (Wildman–Crippen LogP) is 4.92. The first-order valence-electron chi connectivity index (χ1n) is 9.12. The number of hydrogen-bond acceptors (Lipinski definition) is 5. The van der Waals surface area contributed by atoms with E-state index in [2.05, 4.69) is 4.98 Å². The number of allylic oxidation sites excluding steroid dienone is 1. The molecule has 0 spiro atoms. The molecule has 4 aromatic rings. The van der Waals surface area contributed by atoms with E-state index >= 15 is 0 Å². The number of ether oxygens (including phenoxy) is 1. The molecule has 0 aliphatic carbocycles. The number of phenols is 2. The van der Waals surface area contributed by atoms with E-state index in [9.17, 15) is 15.0 Å². The van der Waals surface area contributed by atoms with Crippen LogP contribution in [0.5, 0.6) is 17.2 Å². The smallest absolute Gasteiger partial charge is 0.235 e. The van der Waals surface area contributed by atoms with Gasteiger partial charge in [-0.25, -0.2) is 4.98 Å². The number of aromatic nitrogens is 2. The molecule has 0 atom stereocenters. The van der Waals surface area contributed by atoms with Crippen molar-refractivity contribution in [3.8, 4) is 28.4 Å². The maximum Gasteiger partial charge on any atom is 0.235 e. The average Bonchev–Trinajstić information content (AvgIpc) is 3.19. The first-order valence-corrected chi connectivity index (χ1v) is 9.50. The molecule has 30 heavy (non-hydrogen) atoms. The van der Waals surface area contributed by atoms with Crippen molar-refractivity contribution in [3.63, 3.8) is 0 Å². The van der Waals surface area contributed by atoms with Gasteiger partial charge in [0.1, 0.15) is 28.5 Å². The van der Waals surface area contributed by atoms with E-state index in [1.165, 1.54) is 6.07 Å². The highest BCUT2D eigenvalue weighted by molar-refractivity contribution is 6.31. The second-order valence-corrected chi connectivity index (χ2v) is 7.48. The van der Waals surface area contributed by atoms with Gasteiger partial charge in [-0.2, -0.15) is 0 Å². The summed E-state index contributed by atoms with van der Waals surface area (Å²) in [6.45, 7) is 0. The third-order valence-electron chi connectivity index (χ3n) is 5.05. The molecule has 0 saturated carbocycles. The van der Waals surface area contributed by atoms with E-state index in [4.69, 9.17) is 16.3 Å². The molecule has 0 radical (unpaired) electrons. The van der Waals surface area contributed by atoms with Crippen LogP contribution >= 0.6 is 11.6 Å². The van der Waals surface area contributed by atoms with E-state index in [0.717, 1.165) is 33.8 Å². The quantitative estimate of drug-likeness (QED) is 0.451. The fourth-order valence-corrected chi connectivity index (χ4v) is 3.95. The third-order valence-corrected chi connectivity index (χ3v) is 5.28. The van der Waals surface area contributed by atoms with E-state index in [1.807, 2.05) is 48.1 Å². The molecule has 0 fully saturated rings. The number of nitrogens with zero attached hydrogens (tertiary/aromatic N) is 2. The van der Waals surface area contributed by atoms with E-state index in [0.29, 0.717) is 5.02 Å². The first-order chi connectivity index (χ1) is 14.4. The lowest BCUT2D eigenvalue weighted by Crippen LogP contribution is -1.98. The van der Waals surface area contributed by atoms with Crippen LogP contribution in [-0.4, -0.2) is 25.5 Å². The highest BCUT2D eigenvalue weighted by Crippen LogP contribution is 2.41. The molecule has 1 aliphatic rings. The molecule has 7 heteroatoms. The lowest BCUT2D eigenvalue weighted by atomic mass is 10.0. The Bertz CT molecular complexity index is 1390. The molecule has 5 rings (SSSR count). The van der Waals surface area contributed by atoms with Crippen LogP contribution in [0.3, 0.4) is 0 Å². The van der Waals surface area contributed by atoms with Crippen molar-refractivity contribution in [3.05, 3.63) is 76.8 Å². The van der Waals surface area contributed by atoms with Gasteiger partial charge in [0, 0.05) is 47.5 Å². The van der Waals surface area contributed by atoms with Crippen LogP contribution in [0.25, 0.3) is 28.2 Å². The zero-order valence-electron chi connectivity index (χ0n) is 15.8. The number of aryl methyl sites for hydroxylation is 1. The number of fused-ring (bicyclic) bond motifs is 2. The van der Waals surface area contributed by atoms with Crippen LogP contribution in [0.15, 0.2) is 60.6 Å². The summed E-state index contributed by atoms with van der Waals surface area (Å²) >= 11 is 6.19. The number of carbonyl (C=O) groups excluding carboxylic acids is 1. The Morgan fingerprint density at radius 3 is 2.80 bits per heavy atom. The summed E-state index contributed by atoms with van der Waals surface area (Å²) in [6.07, 6.45) is 5.20. The topological polar surface area (TPSA) is 84.6 Å². The summed E-state index contributed by atoms with van der Waals surface area (Å²) in [7, 11) is 1.87. The maximum absolute atomic E-state index is 12.8. The predicted molar refractivity (Wildman–Crippen MR) is 114 cm³/mol. The van der Waals surface area contributed by atoms with Crippen LogP contribution in [0.2, 0.25) is 5.02 Å². The van der Waals surface area contributed by atoms with Crippen LogP contribution < -0.4 is 4.74 Å². The Morgan fingerprint density at radius 1 is 1.17 bits per heavy atom. The molecular formula is C23H15ClN2O4. The molecule has 0 amide bonds. The van der Waals surface area contributed by atoms with Crippen molar-refractivity contribution in [2.75, 3.05) is 0 Å². The van der Waals surface area contributed by atoms with Gasteiger partial charge in [0.15, 0.2) is 5.76 Å². The van der Waals surface area contributed by atoms with Crippen LogP contribution in [0.1, 0.15) is 15.9 Å². The minimum absolute atomic E-state index is 0.0347. The zero-order chi connectivity index (χ0) is 21.0. The number of carbonyl (C=O) groups is 1. The normalized spacial score (nSPS) is 14.3. The number of pyridine rings is 1. The van der Waals surface area contributed by atoms with Gasteiger partial charge in [0.2, 0.25) is 5.78 Å². The van der Waals surface area contributed by atoms with E-state index in [-0.39, 0.29) is 28.6 Å². The van der Waals surface area contributed by atoms with Gasteiger partial charge in [-0.05, 0) is 35.4 Å².